The third-order valence-electron chi connectivity index (χ3n) is 4.38. The summed E-state index contributed by atoms with van der Waals surface area (Å²) in [5, 5.41) is 4.99. The van der Waals surface area contributed by atoms with E-state index in [4.69, 9.17) is 16.3 Å². The van der Waals surface area contributed by atoms with Crippen molar-refractivity contribution in [2.24, 2.45) is 0 Å². The topological polar surface area (TPSA) is 43.3 Å². The van der Waals surface area contributed by atoms with Crippen LogP contribution in [-0.2, 0) is 16.1 Å². The van der Waals surface area contributed by atoms with Gasteiger partial charge in [0.2, 0.25) is 5.91 Å². The van der Waals surface area contributed by atoms with Crippen molar-refractivity contribution in [2.75, 3.05) is 6.61 Å². The molecule has 4 nitrogen and oxygen atoms in total. The van der Waals surface area contributed by atoms with Crippen molar-refractivity contribution in [3.05, 3.63) is 35.5 Å². The van der Waals surface area contributed by atoms with Crippen LogP contribution < -0.4 is 5.32 Å². The summed E-state index contributed by atoms with van der Waals surface area (Å²) in [7, 11) is 0. The molecule has 1 aromatic carbocycles. The number of fused-ring (bicyclic) bond motifs is 1. The molecule has 0 saturated carbocycles. The molecule has 3 rings (SSSR count). The summed E-state index contributed by atoms with van der Waals surface area (Å²) in [4.78, 5) is 12.2. The second-order valence-electron chi connectivity index (χ2n) is 6.83. The first kappa shape index (κ1) is 16.3. The van der Waals surface area contributed by atoms with Gasteiger partial charge in [-0.1, -0.05) is 17.7 Å². The summed E-state index contributed by atoms with van der Waals surface area (Å²) in [6, 6.07) is 8.08. The normalized spacial score (nSPS) is 20.6. The van der Waals surface area contributed by atoms with E-state index < -0.39 is 0 Å². The molecule has 0 bridgehead atoms. The molecule has 1 aliphatic heterocycles. The predicted molar refractivity (Wildman–Crippen MR) is 92.8 cm³/mol. The number of aromatic nitrogens is 1. The van der Waals surface area contributed by atoms with Crippen molar-refractivity contribution >= 4 is 28.4 Å². The Bertz CT molecular complexity index is 708. The number of hydrogen-bond acceptors (Lipinski definition) is 2. The third-order valence-corrected chi connectivity index (χ3v) is 4.61. The van der Waals surface area contributed by atoms with Crippen molar-refractivity contribution in [1.29, 1.82) is 0 Å². The molecule has 0 aliphatic carbocycles. The van der Waals surface area contributed by atoms with Crippen molar-refractivity contribution in [3.63, 3.8) is 0 Å². The van der Waals surface area contributed by atoms with Gasteiger partial charge in [0.15, 0.2) is 0 Å². The number of nitrogens with zero attached hydrogens (tertiary/aromatic N) is 1. The molecular formula is C18H23ClN2O2. The number of ether oxygens (including phenoxy) is 1. The lowest BCUT2D eigenvalue weighted by molar-refractivity contribution is -0.124. The molecular weight excluding hydrogens is 312 g/mol. The average Bonchev–Trinajstić information content (AvgIpc) is 2.86. The van der Waals surface area contributed by atoms with Gasteiger partial charge in [0, 0.05) is 42.4 Å². The maximum Gasteiger partial charge on any atom is 0.222 e. The zero-order valence-corrected chi connectivity index (χ0v) is 14.4. The first-order valence-corrected chi connectivity index (χ1v) is 8.48. The largest absolute Gasteiger partial charge is 0.375 e. The Morgan fingerprint density at radius 1 is 1.43 bits per heavy atom. The number of halogens is 1. The van der Waals surface area contributed by atoms with Crippen LogP contribution >= 0.6 is 11.6 Å². The number of amides is 1. The number of benzene rings is 1. The first-order valence-electron chi connectivity index (χ1n) is 8.11. The van der Waals surface area contributed by atoms with E-state index in [1.165, 1.54) is 0 Å². The van der Waals surface area contributed by atoms with Gasteiger partial charge >= 0.3 is 0 Å². The summed E-state index contributed by atoms with van der Waals surface area (Å²) in [6.45, 7) is 5.50. The van der Waals surface area contributed by atoms with E-state index >= 15 is 0 Å². The molecule has 2 heterocycles. The smallest absolute Gasteiger partial charge is 0.222 e. The number of rotatable bonds is 4. The molecule has 1 atom stereocenters. The SMILES string of the molecule is CC1(C)C[C@H](NC(=O)CCn2ccc3ccc(Cl)cc32)CCO1. The van der Waals surface area contributed by atoms with E-state index in [1.807, 2.05) is 30.5 Å². The molecule has 0 spiro atoms. The van der Waals surface area contributed by atoms with Crippen molar-refractivity contribution in [2.45, 2.75) is 51.3 Å². The Balaban J connectivity index is 1.57. The minimum Gasteiger partial charge on any atom is -0.375 e. The fraction of sp³-hybridized carbons (Fsp3) is 0.500. The van der Waals surface area contributed by atoms with E-state index in [9.17, 15) is 4.79 Å². The lowest BCUT2D eigenvalue weighted by Crippen LogP contribution is -2.45. The molecule has 1 aliphatic rings. The Morgan fingerprint density at radius 3 is 3.04 bits per heavy atom. The van der Waals surface area contributed by atoms with Crippen LogP contribution in [0.3, 0.4) is 0 Å². The molecule has 1 saturated heterocycles. The highest BCUT2D eigenvalue weighted by Gasteiger charge is 2.29. The zero-order chi connectivity index (χ0) is 16.4. The Labute approximate surface area is 141 Å². The van der Waals surface area contributed by atoms with E-state index in [1.54, 1.807) is 0 Å². The maximum atomic E-state index is 12.2. The zero-order valence-electron chi connectivity index (χ0n) is 13.6. The van der Waals surface area contributed by atoms with Gasteiger partial charge in [-0.15, -0.1) is 0 Å². The summed E-state index contributed by atoms with van der Waals surface area (Å²) < 4.78 is 7.77. The van der Waals surface area contributed by atoms with Crippen molar-refractivity contribution < 1.29 is 9.53 Å². The van der Waals surface area contributed by atoms with Crippen molar-refractivity contribution in [1.82, 2.24) is 9.88 Å². The van der Waals surface area contributed by atoms with Crippen LogP contribution in [0.25, 0.3) is 10.9 Å². The maximum absolute atomic E-state index is 12.2. The average molecular weight is 335 g/mol. The number of aryl methyl sites for hydroxylation is 1. The van der Waals surface area contributed by atoms with Gasteiger partial charge in [0.25, 0.3) is 0 Å². The lowest BCUT2D eigenvalue weighted by atomic mass is 9.94. The van der Waals surface area contributed by atoms with Crippen LogP contribution in [-0.4, -0.2) is 28.7 Å². The molecule has 1 aromatic heterocycles. The predicted octanol–water partition coefficient (Wildman–Crippen LogP) is 3.76. The number of carbonyl (C=O) groups excluding carboxylic acids is 1. The monoisotopic (exact) mass is 334 g/mol. The van der Waals surface area contributed by atoms with Crippen LogP contribution in [0.1, 0.15) is 33.1 Å². The quantitative estimate of drug-likeness (QED) is 0.925. The van der Waals surface area contributed by atoms with Crippen LogP contribution in [0.4, 0.5) is 0 Å². The van der Waals surface area contributed by atoms with E-state index in [2.05, 4.69) is 23.7 Å². The molecule has 23 heavy (non-hydrogen) atoms. The molecule has 124 valence electrons. The fourth-order valence-corrected chi connectivity index (χ4v) is 3.40. The van der Waals surface area contributed by atoms with Gasteiger partial charge in [0.1, 0.15) is 0 Å². The van der Waals surface area contributed by atoms with Gasteiger partial charge in [-0.25, -0.2) is 0 Å². The summed E-state index contributed by atoms with van der Waals surface area (Å²) >= 11 is 6.06. The molecule has 2 aromatic rings. The Kier molecular flexibility index (Phi) is 4.64. The lowest BCUT2D eigenvalue weighted by Gasteiger charge is -2.35. The Morgan fingerprint density at radius 2 is 2.26 bits per heavy atom. The van der Waals surface area contributed by atoms with Crippen molar-refractivity contribution in [3.8, 4) is 0 Å². The number of carbonyl (C=O) groups is 1. The second kappa shape index (κ2) is 6.54. The molecule has 1 amide bonds. The fourth-order valence-electron chi connectivity index (χ4n) is 3.23. The van der Waals surface area contributed by atoms with Crippen LogP contribution in [0.15, 0.2) is 30.5 Å². The van der Waals surface area contributed by atoms with Gasteiger partial charge in [-0.2, -0.15) is 0 Å². The standard InChI is InChI=1S/C18H23ClN2O2/c1-18(2)12-15(7-10-23-18)20-17(22)6-9-21-8-5-13-3-4-14(19)11-16(13)21/h3-5,8,11,15H,6-7,9-10,12H2,1-2H3,(H,20,22)/t15-/m1/s1. The molecule has 5 heteroatoms. The van der Waals surface area contributed by atoms with E-state index in [0.717, 1.165) is 23.7 Å². The van der Waals surface area contributed by atoms with Crippen LogP contribution in [0.5, 0.6) is 0 Å². The molecule has 0 radical (unpaired) electrons. The number of nitrogens with one attached hydrogen (secondary N) is 1. The van der Waals surface area contributed by atoms with Gasteiger partial charge in [-0.3, -0.25) is 4.79 Å². The van der Waals surface area contributed by atoms with Crippen LogP contribution in [0.2, 0.25) is 5.02 Å². The minimum atomic E-state index is -0.149. The van der Waals surface area contributed by atoms with E-state index in [0.29, 0.717) is 24.6 Å². The van der Waals surface area contributed by atoms with Gasteiger partial charge in [-0.05, 0) is 50.3 Å². The van der Waals surface area contributed by atoms with E-state index in [-0.39, 0.29) is 17.6 Å². The molecule has 0 unspecified atom stereocenters. The highest BCUT2D eigenvalue weighted by atomic mass is 35.5. The third kappa shape index (κ3) is 4.06. The Hall–Kier alpha value is -1.52. The minimum absolute atomic E-state index is 0.0941. The summed E-state index contributed by atoms with van der Waals surface area (Å²) in [6.07, 6.45) is 4.22. The molecule has 1 N–H and O–H groups in total. The number of hydrogen-bond donors (Lipinski definition) is 1. The highest BCUT2D eigenvalue weighted by molar-refractivity contribution is 6.31. The second-order valence-corrected chi connectivity index (χ2v) is 7.26. The summed E-state index contributed by atoms with van der Waals surface area (Å²) in [5.41, 5.74) is 0.918. The highest BCUT2D eigenvalue weighted by Crippen LogP contribution is 2.24. The first-order chi connectivity index (χ1) is 10.9. The summed E-state index contributed by atoms with van der Waals surface area (Å²) in [5.74, 6) is 0.0941. The van der Waals surface area contributed by atoms with Gasteiger partial charge < -0.3 is 14.6 Å². The van der Waals surface area contributed by atoms with Crippen LogP contribution in [0, 0.1) is 0 Å². The molecule has 1 fully saturated rings. The van der Waals surface area contributed by atoms with Gasteiger partial charge in [0.05, 0.1) is 5.60 Å².